The fraction of sp³-hybridized carbons (Fsp3) is 0.333. The van der Waals surface area contributed by atoms with Gasteiger partial charge in [0.1, 0.15) is 0 Å². The van der Waals surface area contributed by atoms with E-state index >= 15 is 0 Å². The standard InChI is InChI=1S/C11H11NO.CH4O/c1-2-3-4-5-11-7-6-10(9-13)8-12-11;1-2/h1,6-9H,3-5H2;2H,1H3. The molecule has 0 atom stereocenters. The molecular weight excluding hydrogens is 190 g/mol. The maximum Gasteiger partial charge on any atom is 0.151 e. The Bertz CT molecular complexity index is 311. The van der Waals surface area contributed by atoms with E-state index in [1.165, 1.54) is 0 Å². The number of rotatable bonds is 4. The molecule has 80 valence electrons. The number of nitrogens with zero attached hydrogens (tertiary/aromatic N) is 1. The van der Waals surface area contributed by atoms with Crippen molar-refractivity contribution in [2.45, 2.75) is 19.3 Å². The van der Waals surface area contributed by atoms with Gasteiger partial charge < -0.3 is 5.11 Å². The summed E-state index contributed by atoms with van der Waals surface area (Å²) < 4.78 is 0. The lowest BCUT2D eigenvalue weighted by Gasteiger charge is -1.97. The Morgan fingerprint density at radius 3 is 2.73 bits per heavy atom. The van der Waals surface area contributed by atoms with Crippen LogP contribution in [0.25, 0.3) is 0 Å². The second kappa shape index (κ2) is 8.92. The van der Waals surface area contributed by atoms with E-state index in [0.29, 0.717) is 5.56 Å². The average Bonchev–Trinajstić information content (AvgIpc) is 2.33. The third-order valence-electron chi connectivity index (χ3n) is 1.74. The van der Waals surface area contributed by atoms with Crippen LogP contribution in [0.1, 0.15) is 28.9 Å². The third kappa shape index (κ3) is 5.61. The van der Waals surface area contributed by atoms with E-state index in [0.717, 1.165) is 38.4 Å². The molecule has 0 radical (unpaired) electrons. The van der Waals surface area contributed by atoms with E-state index in [4.69, 9.17) is 11.5 Å². The van der Waals surface area contributed by atoms with Crippen molar-refractivity contribution < 1.29 is 9.90 Å². The number of carbonyl (C=O) groups excluding carboxylic acids is 1. The number of aromatic nitrogens is 1. The van der Waals surface area contributed by atoms with Crippen molar-refractivity contribution in [1.29, 1.82) is 0 Å². The van der Waals surface area contributed by atoms with Gasteiger partial charge in [0.05, 0.1) is 0 Å². The lowest BCUT2D eigenvalue weighted by molar-refractivity contribution is 0.112. The van der Waals surface area contributed by atoms with Crippen LogP contribution in [0.2, 0.25) is 0 Å². The quantitative estimate of drug-likeness (QED) is 0.460. The van der Waals surface area contributed by atoms with Crippen LogP contribution in [0.15, 0.2) is 18.3 Å². The van der Waals surface area contributed by atoms with Gasteiger partial charge in [-0.05, 0) is 25.0 Å². The minimum atomic E-state index is 0.612. The summed E-state index contributed by atoms with van der Waals surface area (Å²) in [5, 5.41) is 7.00. The number of hydrogen-bond acceptors (Lipinski definition) is 3. The van der Waals surface area contributed by atoms with Crippen LogP contribution >= 0.6 is 0 Å². The first-order chi connectivity index (χ1) is 7.36. The van der Waals surface area contributed by atoms with E-state index < -0.39 is 0 Å². The third-order valence-corrected chi connectivity index (χ3v) is 1.74. The molecule has 0 unspecified atom stereocenters. The second-order valence-corrected chi connectivity index (χ2v) is 2.76. The van der Waals surface area contributed by atoms with E-state index in [9.17, 15) is 4.79 Å². The van der Waals surface area contributed by atoms with Gasteiger partial charge in [0, 0.05) is 31.0 Å². The van der Waals surface area contributed by atoms with E-state index in [1.807, 2.05) is 6.07 Å². The topological polar surface area (TPSA) is 50.2 Å². The molecule has 1 heterocycles. The maximum absolute atomic E-state index is 10.3. The molecule has 0 aliphatic carbocycles. The molecule has 0 amide bonds. The maximum atomic E-state index is 10.3. The number of carbonyl (C=O) groups is 1. The van der Waals surface area contributed by atoms with Crippen molar-refractivity contribution >= 4 is 6.29 Å². The molecule has 0 aliphatic rings. The molecule has 0 saturated carbocycles. The van der Waals surface area contributed by atoms with E-state index in [2.05, 4.69) is 10.9 Å². The molecule has 0 saturated heterocycles. The number of terminal acetylenes is 1. The van der Waals surface area contributed by atoms with Crippen LogP contribution in [-0.2, 0) is 6.42 Å². The Labute approximate surface area is 90.2 Å². The monoisotopic (exact) mass is 205 g/mol. The lowest BCUT2D eigenvalue weighted by atomic mass is 10.1. The Balaban J connectivity index is 0.000000921. The van der Waals surface area contributed by atoms with Gasteiger partial charge in [0.15, 0.2) is 6.29 Å². The fourth-order valence-corrected chi connectivity index (χ4v) is 1.03. The van der Waals surface area contributed by atoms with Crippen LogP contribution < -0.4 is 0 Å². The van der Waals surface area contributed by atoms with E-state index in [-0.39, 0.29) is 0 Å². The fourth-order valence-electron chi connectivity index (χ4n) is 1.03. The number of aldehydes is 1. The van der Waals surface area contributed by atoms with Crippen LogP contribution in [-0.4, -0.2) is 23.5 Å². The predicted molar refractivity (Wildman–Crippen MR) is 59.5 cm³/mol. The molecule has 1 N–H and O–H groups in total. The van der Waals surface area contributed by atoms with Gasteiger partial charge in [0.25, 0.3) is 0 Å². The average molecular weight is 205 g/mol. The van der Waals surface area contributed by atoms with Crippen molar-refractivity contribution in [1.82, 2.24) is 4.98 Å². The van der Waals surface area contributed by atoms with Gasteiger partial charge >= 0.3 is 0 Å². The van der Waals surface area contributed by atoms with Crippen LogP contribution in [0, 0.1) is 12.3 Å². The molecule has 1 aromatic heterocycles. The van der Waals surface area contributed by atoms with Crippen molar-refractivity contribution in [3.63, 3.8) is 0 Å². The summed E-state index contributed by atoms with van der Waals surface area (Å²) >= 11 is 0. The van der Waals surface area contributed by atoms with Crippen molar-refractivity contribution in [2.75, 3.05) is 7.11 Å². The molecular formula is C12H15NO2. The minimum Gasteiger partial charge on any atom is -0.400 e. The number of unbranched alkanes of at least 4 members (excludes halogenated alkanes) is 1. The molecule has 15 heavy (non-hydrogen) atoms. The van der Waals surface area contributed by atoms with Gasteiger partial charge in [-0.1, -0.05) is 0 Å². The Morgan fingerprint density at radius 1 is 1.53 bits per heavy atom. The molecule has 0 aromatic carbocycles. The largest absolute Gasteiger partial charge is 0.400 e. The van der Waals surface area contributed by atoms with Crippen LogP contribution in [0.4, 0.5) is 0 Å². The summed E-state index contributed by atoms with van der Waals surface area (Å²) in [6, 6.07) is 3.63. The Kier molecular flexibility index (Phi) is 7.93. The molecule has 1 rings (SSSR count). The van der Waals surface area contributed by atoms with Gasteiger partial charge in [0.2, 0.25) is 0 Å². The Morgan fingerprint density at radius 2 is 2.27 bits per heavy atom. The number of pyridine rings is 1. The summed E-state index contributed by atoms with van der Waals surface area (Å²) in [6.45, 7) is 0. The summed E-state index contributed by atoms with van der Waals surface area (Å²) in [5.74, 6) is 2.58. The smallest absolute Gasteiger partial charge is 0.151 e. The molecule has 0 bridgehead atoms. The zero-order chi connectivity index (χ0) is 11.5. The zero-order valence-corrected chi connectivity index (χ0v) is 8.81. The highest BCUT2D eigenvalue weighted by Crippen LogP contribution is 2.02. The number of aryl methyl sites for hydroxylation is 1. The highest BCUT2D eigenvalue weighted by molar-refractivity contribution is 5.73. The number of aliphatic hydroxyl groups is 1. The Hall–Kier alpha value is -1.66. The van der Waals surface area contributed by atoms with Gasteiger partial charge in [-0.15, -0.1) is 12.3 Å². The van der Waals surface area contributed by atoms with E-state index in [1.54, 1.807) is 12.3 Å². The first-order valence-corrected chi connectivity index (χ1v) is 4.65. The van der Waals surface area contributed by atoms with Crippen molar-refractivity contribution in [3.8, 4) is 12.3 Å². The first kappa shape index (κ1) is 13.3. The van der Waals surface area contributed by atoms with Gasteiger partial charge in [-0.25, -0.2) is 0 Å². The highest BCUT2D eigenvalue weighted by atomic mass is 16.2. The summed E-state index contributed by atoms with van der Waals surface area (Å²) in [6.07, 6.45) is 10.1. The predicted octanol–water partition coefficient (Wildman–Crippen LogP) is 1.46. The zero-order valence-electron chi connectivity index (χ0n) is 8.81. The van der Waals surface area contributed by atoms with Gasteiger partial charge in [-0.3, -0.25) is 9.78 Å². The molecule has 3 heteroatoms. The first-order valence-electron chi connectivity index (χ1n) is 4.65. The van der Waals surface area contributed by atoms with Crippen molar-refractivity contribution in [3.05, 3.63) is 29.6 Å². The molecule has 1 aromatic rings. The minimum absolute atomic E-state index is 0.612. The highest BCUT2D eigenvalue weighted by Gasteiger charge is 1.94. The SMILES string of the molecule is C#CCCCc1ccc(C=O)cn1.CO. The summed E-state index contributed by atoms with van der Waals surface area (Å²) in [4.78, 5) is 14.4. The lowest BCUT2D eigenvalue weighted by Crippen LogP contribution is -1.91. The normalized spacial score (nSPS) is 8.33. The second-order valence-electron chi connectivity index (χ2n) is 2.76. The number of hydrogen-bond donors (Lipinski definition) is 1. The molecule has 0 fully saturated rings. The summed E-state index contributed by atoms with van der Waals surface area (Å²) in [7, 11) is 1.00. The molecule has 0 spiro atoms. The van der Waals surface area contributed by atoms with Crippen LogP contribution in [0.5, 0.6) is 0 Å². The van der Waals surface area contributed by atoms with Crippen molar-refractivity contribution in [2.24, 2.45) is 0 Å². The number of aliphatic hydroxyl groups excluding tert-OH is 1. The summed E-state index contributed by atoms with van der Waals surface area (Å²) in [5.41, 5.74) is 1.60. The van der Waals surface area contributed by atoms with Gasteiger partial charge in [-0.2, -0.15) is 0 Å². The molecule has 3 nitrogen and oxygen atoms in total. The van der Waals surface area contributed by atoms with Crippen LogP contribution in [0.3, 0.4) is 0 Å². The molecule has 0 aliphatic heterocycles.